The van der Waals surface area contributed by atoms with Crippen LogP contribution in [0, 0.1) is 0 Å². The molecule has 1 amide bonds. The summed E-state index contributed by atoms with van der Waals surface area (Å²) in [6.07, 6.45) is 2.63. The lowest BCUT2D eigenvalue weighted by atomic mass is 10.3. The second kappa shape index (κ2) is 6.76. The minimum atomic E-state index is -3.25. The van der Waals surface area contributed by atoms with Gasteiger partial charge >= 0.3 is 0 Å². The molecule has 0 radical (unpaired) electrons. The lowest BCUT2D eigenvalue weighted by Crippen LogP contribution is -2.20. The van der Waals surface area contributed by atoms with Crippen LogP contribution in [0.4, 0.5) is 5.69 Å². The van der Waals surface area contributed by atoms with Crippen LogP contribution >= 0.6 is 11.6 Å². The zero-order valence-electron chi connectivity index (χ0n) is 11.6. The molecule has 0 atom stereocenters. The molecule has 0 saturated heterocycles. The van der Waals surface area contributed by atoms with Crippen LogP contribution in [0.15, 0.2) is 47.5 Å². The number of carbonyl (C=O) groups excluding carboxylic acids is 1. The number of nitrogens with zero attached hydrogens (tertiary/aromatic N) is 1. The zero-order chi connectivity index (χ0) is 16.2. The molecule has 2 aromatic rings. The van der Waals surface area contributed by atoms with Crippen molar-refractivity contribution in [3.63, 3.8) is 0 Å². The third kappa shape index (κ3) is 4.44. The normalized spacial score (nSPS) is 11.0. The number of anilines is 1. The van der Waals surface area contributed by atoms with Crippen LogP contribution in [0.25, 0.3) is 0 Å². The number of sulfone groups is 1. The van der Waals surface area contributed by atoms with Crippen molar-refractivity contribution in [2.75, 3.05) is 18.2 Å². The Morgan fingerprint density at radius 2 is 1.95 bits per heavy atom. The second-order valence-electron chi connectivity index (χ2n) is 4.42. The average molecular weight is 341 g/mol. The molecule has 2 rings (SSSR count). The SMILES string of the molecule is CS(=O)(=O)c1ccc(OCC(=O)Nc2cccnc2Cl)cc1. The maximum Gasteiger partial charge on any atom is 0.262 e. The van der Waals surface area contributed by atoms with Gasteiger partial charge in [0.15, 0.2) is 21.6 Å². The first kappa shape index (κ1) is 16.3. The summed E-state index contributed by atoms with van der Waals surface area (Å²) in [5.74, 6) is -0.0121. The molecule has 0 fully saturated rings. The number of hydrogen-bond acceptors (Lipinski definition) is 5. The average Bonchev–Trinajstić information content (AvgIpc) is 2.47. The van der Waals surface area contributed by atoms with Crippen LogP contribution in [0.5, 0.6) is 5.75 Å². The van der Waals surface area contributed by atoms with Crippen LogP contribution in [0.1, 0.15) is 0 Å². The monoisotopic (exact) mass is 340 g/mol. The Balaban J connectivity index is 1.93. The number of rotatable bonds is 5. The number of amides is 1. The largest absolute Gasteiger partial charge is 0.484 e. The van der Waals surface area contributed by atoms with E-state index in [0.29, 0.717) is 11.4 Å². The summed E-state index contributed by atoms with van der Waals surface area (Å²) in [7, 11) is -3.25. The standard InChI is InChI=1S/C14H13ClN2O4S/c1-22(19,20)11-6-4-10(5-7-11)21-9-13(18)17-12-3-2-8-16-14(12)15/h2-8H,9H2,1H3,(H,17,18). The molecule has 0 aliphatic rings. The van der Waals surface area contributed by atoms with Crippen molar-refractivity contribution in [1.82, 2.24) is 4.98 Å². The third-order valence-corrected chi connectivity index (χ3v) is 4.08. The van der Waals surface area contributed by atoms with Crippen molar-refractivity contribution >= 4 is 33.0 Å². The van der Waals surface area contributed by atoms with Crippen LogP contribution < -0.4 is 10.1 Å². The molecule has 1 heterocycles. The van der Waals surface area contributed by atoms with Gasteiger partial charge < -0.3 is 10.1 Å². The van der Waals surface area contributed by atoms with E-state index in [0.717, 1.165) is 6.26 Å². The Morgan fingerprint density at radius 1 is 1.27 bits per heavy atom. The Bertz CT molecular complexity index is 776. The summed E-state index contributed by atoms with van der Waals surface area (Å²) in [4.78, 5) is 15.8. The van der Waals surface area contributed by atoms with E-state index < -0.39 is 15.7 Å². The summed E-state index contributed by atoms with van der Waals surface area (Å²) in [5, 5.41) is 2.75. The summed E-state index contributed by atoms with van der Waals surface area (Å²) in [5.41, 5.74) is 0.394. The van der Waals surface area contributed by atoms with Crippen LogP contribution in [-0.4, -0.2) is 32.2 Å². The van der Waals surface area contributed by atoms with E-state index in [1.807, 2.05) is 0 Å². The van der Waals surface area contributed by atoms with Crippen molar-refractivity contribution in [2.45, 2.75) is 4.90 Å². The first-order valence-electron chi connectivity index (χ1n) is 6.19. The molecule has 1 N–H and O–H groups in total. The Kier molecular flexibility index (Phi) is 4.99. The number of nitrogens with one attached hydrogen (secondary N) is 1. The Morgan fingerprint density at radius 3 is 2.55 bits per heavy atom. The maximum atomic E-state index is 11.7. The first-order valence-corrected chi connectivity index (χ1v) is 8.46. The molecule has 22 heavy (non-hydrogen) atoms. The van der Waals surface area contributed by atoms with Gasteiger partial charge in [-0.1, -0.05) is 11.6 Å². The van der Waals surface area contributed by atoms with E-state index in [4.69, 9.17) is 16.3 Å². The van der Waals surface area contributed by atoms with Gasteiger partial charge in [0, 0.05) is 12.5 Å². The minimum Gasteiger partial charge on any atom is -0.484 e. The number of aromatic nitrogens is 1. The van der Waals surface area contributed by atoms with E-state index in [2.05, 4.69) is 10.3 Å². The van der Waals surface area contributed by atoms with Crippen LogP contribution in [-0.2, 0) is 14.6 Å². The van der Waals surface area contributed by atoms with E-state index in [1.54, 1.807) is 12.1 Å². The predicted molar refractivity (Wildman–Crippen MR) is 82.9 cm³/mol. The van der Waals surface area contributed by atoms with Gasteiger partial charge in [0.25, 0.3) is 5.91 Å². The molecule has 116 valence electrons. The fraction of sp³-hybridized carbons (Fsp3) is 0.143. The number of ether oxygens (including phenoxy) is 1. The van der Waals surface area contributed by atoms with Crippen molar-refractivity contribution in [2.24, 2.45) is 0 Å². The van der Waals surface area contributed by atoms with E-state index >= 15 is 0 Å². The molecule has 0 aliphatic carbocycles. The van der Waals surface area contributed by atoms with Gasteiger partial charge in [0.2, 0.25) is 0 Å². The predicted octanol–water partition coefficient (Wildman–Crippen LogP) is 2.16. The summed E-state index contributed by atoms with van der Waals surface area (Å²) < 4.78 is 27.9. The zero-order valence-corrected chi connectivity index (χ0v) is 13.2. The van der Waals surface area contributed by atoms with Gasteiger partial charge in [-0.3, -0.25) is 4.79 Å². The van der Waals surface area contributed by atoms with Gasteiger partial charge in [-0.05, 0) is 36.4 Å². The van der Waals surface area contributed by atoms with Gasteiger partial charge in [0.1, 0.15) is 5.75 Å². The van der Waals surface area contributed by atoms with Gasteiger partial charge in [-0.25, -0.2) is 13.4 Å². The number of halogens is 1. The smallest absolute Gasteiger partial charge is 0.262 e. The number of hydrogen-bond donors (Lipinski definition) is 1. The molecule has 6 nitrogen and oxygen atoms in total. The lowest BCUT2D eigenvalue weighted by Gasteiger charge is -2.08. The number of carbonyl (C=O) groups is 1. The summed E-state index contributed by atoms with van der Waals surface area (Å²) >= 11 is 5.82. The van der Waals surface area contributed by atoms with Crippen molar-refractivity contribution in [3.05, 3.63) is 47.7 Å². The Labute approximate surface area is 133 Å². The van der Waals surface area contributed by atoms with Crippen molar-refractivity contribution in [3.8, 4) is 5.75 Å². The van der Waals surface area contributed by atoms with Crippen LogP contribution in [0.2, 0.25) is 5.15 Å². The molecule has 0 bridgehead atoms. The van der Waals surface area contributed by atoms with Gasteiger partial charge in [0.05, 0.1) is 10.6 Å². The molecule has 1 aromatic heterocycles. The fourth-order valence-corrected chi connectivity index (χ4v) is 2.39. The van der Waals surface area contributed by atoms with E-state index in [1.165, 1.54) is 30.5 Å². The fourth-order valence-electron chi connectivity index (χ4n) is 1.60. The molecule has 8 heteroatoms. The molecular weight excluding hydrogens is 328 g/mol. The molecule has 1 aromatic carbocycles. The topological polar surface area (TPSA) is 85.4 Å². The highest BCUT2D eigenvalue weighted by molar-refractivity contribution is 7.90. The number of pyridine rings is 1. The summed E-state index contributed by atoms with van der Waals surface area (Å²) in [6, 6.07) is 9.07. The lowest BCUT2D eigenvalue weighted by molar-refractivity contribution is -0.118. The van der Waals surface area contributed by atoms with Crippen LogP contribution in [0.3, 0.4) is 0 Å². The molecular formula is C14H13ClN2O4S. The molecule has 0 spiro atoms. The quantitative estimate of drug-likeness (QED) is 0.843. The third-order valence-electron chi connectivity index (χ3n) is 2.65. The minimum absolute atomic E-state index is 0.187. The molecule has 0 saturated carbocycles. The first-order chi connectivity index (χ1) is 10.4. The summed E-state index contributed by atoms with van der Waals surface area (Å²) in [6.45, 7) is -0.233. The highest BCUT2D eigenvalue weighted by atomic mass is 35.5. The molecule has 0 aliphatic heterocycles. The van der Waals surface area contributed by atoms with E-state index in [-0.39, 0.29) is 16.7 Å². The maximum absolute atomic E-state index is 11.7. The van der Waals surface area contributed by atoms with E-state index in [9.17, 15) is 13.2 Å². The second-order valence-corrected chi connectivity index (χ2v) is 6.80. The highest BCUT2D eigenvalue weighted by Gasteiger charge is 2.09. The van der Waals surface area contributed by atoms with Crippen molar-refractivity contribution < 1.29 is 17.9 Å². The van der Waals surface area contributed by atoms with Gasteiger partial charge in [-0.15, -0.1) is 0 Å². The van der Waals surface area contributed by atoms with Crippen molar-refractivity contribution in [1.29, 1.82) is 0 Å². The highest BCUT2D eigenvalue weighted by Crippen LogP contribution is 2.18. The van der Waals surface area contributed by atoms with Gasteiger partial charge in [-0.2, -0.15) is 0 Å². The number of benzene rings is 1. The molecule has 0 unspecified atom stereocenters. The Hall–Kier alpha value is -2.12.